The monoisotopic (exact) mass is 228 g/mol. The molecule has 0 aliphatic heterocycles. The molecule has 3 N–H and O–H groups in total. The zero-order chi connectivity index (χ0) is 11.3. The Kier molecular flexibility index (Phi) is 4.59. The third kappa shape index (κ3) is 3.90. The Balaban J connectivity index is 2.57. The highest BCUT2D eigenvalue weighted by Crippen LogP contribution is 2.16. The second kappa shape index (κ2) is 5.73. The van der Waals surface area contributed by atoms with Gasteiger partial charge in [-0.25, -0.2) is 0 Å². The summed E-state index contributed by atoms with van der Waals surface area (Å²) in [7, 11) is 0. The molecule has 15 heavy (non-hydrogen) atoms. The topological polar surface area (TPSA) is 53.9 Å². The predicted molar refractivity (Wildman–Crippen MR) is 58.3 cm³/mol. The van der Waals surface area contributed by atoms with Crippen molar-refractivity contribution in [3.63, 3.8) is 0 Å². The van der Waals surface area contributed by atoms with Gasteiger partial charge in [-0.15, -0.1) is 0 Å². The Hall–Kier alpha value is -1.06. The lowest BCUT2D eigenvalue weighted by molar-refractivity contribution is -0.425. The maximum absolute atomic E-state index is 11.2. The van der Waals surface area contributed by atoms with Crippen LogP contribution in [-0.4, -0.2) is 12.6 Å². The molecule has 4 heteroatoms. The van der Waals surface area contributed by atoms with E-state index in [0.717, 1.165) is 5.56 Å². The molecule has 0 spiro atoms. The van der Waals surface area contributed by atoms with Gasteiger partial charge in [0, 0.05) is 10.6 Å². The van der Waals surface area contributed by atoms with Crippen LogP contribution in [0.25, 0.3) is 0 Å². The normalized spacial score (nSPS) is 12.2. The van der Waals surface area contributed by atoms with Crippen molar-refractivity contribution in [2.45, 2.75) is 19.4 Å². The lowest BCUT2D eigenvalue weighted by Crippen LogP contribution is -2.54. The third-order valence-electron chi connectivity index (χ3n) is 2.06. The Morgan fingerprint density at radius 3 is 2.60 bits per heavy atom. The molecular formula is C11H15ClNO2+. The molecule has 1 aromatic rings. The molecule has 1 rings (SSSR count). The maximum atomic E-state index is 11.2. The van der Waals surface area contributed by atoms with Crippen LogP contribution in [0.5, 0.6) is 0 Å². The average molecular weight is 229 g/mol. The zero-order valence-corrected chi connectivity index (χ0v) is 9.46. The van der Waals surface area contributed by atoms with E-state index in [0.29, 0.717) is 18.1 Å². The molecule has 1 aromatic carbocycles. The first-order chi connectivity index (χ1) is 7.13. The summed E-state index contributed by atoms with van der Waals surface area (Å²) >= 11 is 5.76. The molecule has 3 nitrogen and oxygen atoms in total. The van der Waals surface area contributed by atoms with Crippen molar-refractivity contribution in [3.8, 4) is 0 Å². The van der Waals surface area contributed by atoms with Gasteiger partial charge in [-0.1, -0.05) is 23.7 Å². The third-order valence-corrected chi connectivity index (χ3v) is 2.31. The van der Waals surface area contributed by atoms with Gasteiger partial charge in [0.2, 0.25) is 0 Å². The zero-order valence-electron chi connectivity index (χ0n) is 8.70. The van der Waals surface area contributed by atoms with Crippen LogP contribution in [0.2, 0.25) is 5.02 Å². The number of hydrogen-bond acceptors (Lipinski definition) is 2. The standard InChI is InChI=1S/C11H14ClNO2/c1-2-15-11(14)7-10(13)8-3-5-9(12)6-4-8/h3-6,10H,2,7,13H2,1H3/p+1/t10-/m0/s1. The van der Waals surface area contributed by atoms with E-state index < -0.39 is 0 Å². The highest BCUT2D eigenvalue weighted by atomic mass is 35.5. The van der Waals surface area contributed by atoms with E-state index in [-0.39, 0.29) is 12.0 Å². The van der Waals surface area contributed by atoms with Crippen LogP contribution >= 0.6 is 11.6 Å². The molecule has 0 radical (unpaired) electrons. The van der Waals surface area contributed by atoms with Crippen molar-refractivity contribution in [1.82, 2.24) is 0 Å². The van der Waals surface area contributed by atoms with Gasteiger partial charge < -0.3 is 10.5 Å². The van der Waals surface area contributed by atoms with Crippen LogP contribution in [0.3, 0.4) is 0 Å². The quantitative estimate of drug-likeness (QED) is 0.796. The number of benzene rings is 1. The summed E-state index contributed by atoms with van der Waals surface area (Å²) in [4.78, 5) is 11.2. The van der Waals surface area contributed by atoms with Crippen molar-refractivity contribution in [1.29, 1.82) is 0 Å². The number of carbonyl (C=O) groups is 1. The summed E-state index contributed by atoms with van der Waals surface area (Å²) < 4.78 is 4.85. The first kappa shape index (κ1) is 12.0. The Morgan fingerprint density at radius 2 is 2.07 bits per heavy atom. The van der Waals surface area contributed by atoms with Gasteiger partial charge in [0.25, 0.3) is 0 Å². The fourth-order valence-electron chi connectivity index (χ4n) is 1.27. The molecule has 82 valence electrons. The minimum atomic E-state index is -0.215. The molecule has 0 aliphatic carbocycles. The van der Waals surface area contributed by atoms with Crippen LogP contribution in [0, 0.1) is 0 Å². The number of hydrogen-bond donors (Lipinski definition) is 1. The van der Waals surface area contributed by atoms with Gasteiger partial charge >= 0.3 is 5.97 Å². The second-order valence-corrected chi connectivity index (χ2v) is 3.69. The molecule has 1 atom stereocenters. The summed E-state index contributed by atoms with van der Waals surface area (Å²) in [5.41, 5.74) is 4.91. The first-order valence-electron chi connectivity index (χ1n) is 4.87. The molecule has 0 saturated carbocycles. The van der Waals surface area contributed by atoms with E-state index >= 15 is 0 Å². The summed E-state index contributed by atoms with van der Waals surface area (Å²) in [6.07, 6.45) is 0.301. The molecule has 0 saturated heterocycles. The van der Waals surface area contributed by atoms with E-state index in [9.17, 15) is 4.79 Å². The summed E-state index contributed by atoms with van der Waals surface area (Å²) in [6, 6.07) is 7.25. The van der Waals surface area contributed by atoms with Gasteiger partial charge in [-0.3, -0.25) is 4.79 Å². The summed E-state index contributed by atoms with van der Waals surface area (Å²) in [5.74, 6) is -0.215. The molecule has 0 bridgehead atoms. The molecule has 0 heterocycles. The van der Waals surface area contributed by atoms with Crippen molar-refractivity contribution in [2.75, 3.05) is 6.61 Å². The fraction of sp³-hybridized carbons (Fsp3) is 0.364. The van der Waals surface area contributed by atoms with Crippen molar-refractivity contribution < 1.29 is 15.3 Å². The second-order valence-electron chi connectivity index (χ2n) is 3.26. The highest BCUT2D eigenvalue weighted by molar-refractivity contribution is 6.30. The minimum Gasteiger partial charge on any atom is -0.466 e. The Morgan fingerprint density at radius 1 is 1.47 bits per heavy atom. The van der Waals surface area contributed by atoms with Crippen LogP contribution in [0.1, 0.15) is 24.9 Å². The first-order valence-corrected chi connectivity index (χ1v) is 5.25. The number of rotatable bonds is 4. The number of esters is 1. The number of ether oxygens (including phenoxy) is 1. The number of carbonyl (C=O) groups excluding carboxylic acids is 1. The van der Waals surface area contributed by atoms with E-state index in [2.05, 4.69) is 5.73 Å². The minimum absolute atomic E-state index is 0.0821. The SMILES string of the molecule is CCOC(=O)C[C@H]([NH3+])c1ccc(Cl)cc1. The van der Waals surface area contributed by atoms with Crippen molar-refractivity contribution in [2.24, 2.45) is 0 Å². The molecule has 0 aromatic heterocycles. The van der Waals surface area contributed by atoms with E-state index in [1.165, 1.54) is 0 Å². The average Bonchev–Trinajstić information content (AvgIpc) is 2.18. The molecule has 0 amide bonds. The Bertz CT molecular complexity index is 324. The van der Waals surface area contributed by atoms with Crippen LogP contribution in [0.4, 0.5) is 0 Å². The maximum Gasteiger partial charge on any atom is 0.312 e. The van der Waals surface area contributed by atoms with Gasteiger partial charge in [-0.2, -0.15) is 0 Å². The molecular weight excluding hydrogens is 214 g/mol. The largest absolute Gasteiger partial charge is 0.466 e. The van der Waals surface area contributed by atoms with Gasteiger partial charge in [0.05, 0.1) is 6.61 Å². The smallest absolute Gasteiger partial charge is 0.312 e. The van der Waals surface area contributed by atoms with Gasteiger partial charge in [0.1, 0.15) is 12.5 Å². The van der Waals surface area contributed by atoms with E-state index in [4.69, 9.17) is 16.3 Å². The van der Waals surface area contributed by atoms with Crippen molar-refractivity contribution in [3.05, 3.63) is 34.9 Å². The Labute approximate surface area is 94.2 Å². The summed E-state index contributed by atoms with van der Waals surface area (Å²) in [6.45, 7) is 2.20. The summed E-state index contributed by atoms with van der Waals surface area (Å²) in [5, 5.41) is 0.682. The highest BCUT2D eigenvalue weighted by Gasteiger charge is 2.15. The van der Waals surface area contributed by atoms with Crippen LogP contribution < -0.4 is 5.73 Å². The van der Waals surface area contributed by atoms with E-state index in [1.54, 1.807) is 19.1 Å². The molecule has 0 aliphatic rings. The molecule has 0 unspecified atom stereocenters. The fourth-order valence-corrected chi connectivity index (χ4v) is 1.40. The number of halogens is 1. The lowest BCUT2D eigenvalue weighted by Gasteiger charge is -2.08. The lowest BCUT2D eigenvalue weighted by atomic mass is 10.1. The molecule has 0 fully saturated rings. The van der Waals surface area contributed by atoms with Crippen molar-refractivity contribution >= 4 is 17.6 Å². The van der Waals surface area contributed by atoms with Crippen LogP contribution in [-0.2, 0) is 9.53 Å². The van der Waals surface area contributed by atoms with E-state index in [1.807, 2.05) is 12.1 Å². The van der Waals surface area contributed by atoms with Crippen LogP contribution in [0.15, 0.2) is 24.3 Å². The predicted octanol–water partition coefficient (Wildman–Crippen LogP) is 1.58. The van der Waals surface area contributed by atoms with Gasteiger partial charge in [-0.05, 0) is 19.1 Å². The number of quaternary nitrogens is 1. The van der Waals surface area contributed by atoms with Gasteiger partial charge in [0.15, 0.2) is 0 Å².